The molecule has 0 aromatic heterocycles. The number of aliphatic hydroxyl groups excluding tert-OH is 3. The molecule has 0 amide bonds. The molecule has 0 fully saturated rings. The maximum absolute atomic E-state index is 10.2. The molecule has 30 heteroatoms. The smallest absolute Gasteiger partial charge is 0.512 e. The third kappa shape index (κ3) is 33.2. The van der Waals surface area contributed by atoms with Gasteiger partial charge in [0.25, 0.3) is 0 Å². The fourth-order valence-corrected chi connectivity index (χ4v) is 11.8. The molecule has 10 N–H and O–H groups in total. The van der Waals surface area contributed by atoms with Gasteiger partial charge in [-0.2, -0.15) is 5.26 Å². The van der Waals surface area contributed by atoms with Gasteiger partial charge in [-0.15, -0.1) is 0 Å². The Morgan fingerprint density at radius 3 is 1.57 bits per heavy atom. The molecule has 84 heavy (non-hydrogen) atoms. The number of rotatable bonds is 13. The van der Waals surface area contributed by atoms with Crippen molar-refractivity contribution in [3.63, 3.8) is 0 Å². The van der Waals surface area contributed by atoms with Gasteiger partial charge in [0.2, 0.25) is 0 Å². The average Bonchev–Trinajstić information content (AvgIpc) is 4.13. The number of carbonyl (C=O) groups excluding carboxylic acids is 1. The van der Waals surface area contributed by atoms with Crippen LogP contribution in [0.25, 0.3) is 0 Å². The van der Waals surface area contributed by atoms with Gasteiger partial charge in [0.1, 0.15) is 53.8 Å². The number of phenolic OH excluding ortho intramolecular Hbond substituents is 4. The molecular formula is C54H67Br5N8O10P6Zn. The average molecular weight is 1640 g/mol. The predicted molar refractivity (Wildman–Crippen MR) is 362 cm³/mol. The van der Waals surface area contributed by atoms with Crippen LogP contribution in [0.2, 0.25) is 0 Å². The second-order valence-corrected chi connectivity index (χ2v) is 25.1. The SMILES string of the molecule is N#Cc1cccc2c1OCCN(PP)C2.NCCO.O=Cc1cccc(Br)c1O.OCCN(Cc1cccc(Br)c1O)PP.OCCNCc1cccc(Br)c1O.Oc1ccccc1Br.PPN1CCOc2c(Br)cccc2C1.[C-]#N.[C-]#N.[Zn+2]. The second kappa shape index (κ2) is 52.5. The molecule has 0 saturated carbocycles. The number of hydrogen-bond donors (Lipinski definition) is 9. The van der Waals surface area contributed by atoms with E-state index < -0.39 is 0 Å². The van der Waals surface area contributed by atoms with E-state index in [1.165, 1.54) is 5.56 Å². The summed E-state index contributed by atoms with van der Waals surface area (Å²) in [6.45, 7) is 17.8. The maximum Gasteiger partial charge on any atom is 2.00 e. The molecule has 8 rings (SSSR count). The number of nitrogens with two attached hydrogens (primary N) is 1. The van der Waals surface area contributed by atoms with E-state index >= 15 is 0 Å². The molecular weight excluding hydrogens is 1570 g/mol. The van der Waals surface area contributed by atoms with Gasteiger partial charge >= 0.3 is 19.5 Å². The number of fused-ring (bicyclic) bond motifs is 2. The molecule has 450 valence electrons. The fraction of sp³-hybridized carbons (Fsp3) is 0.259. The van der Waals surface area contributed by atoms with Crippen molar-refractivity contribution < 1.29 is 69.5 Å². The number of carbonyl (C=O) groups is 1. The zero-order valence-corrected chi connectivity index (χ0v) is 62.8. The number of hydrogen-bond acceptors (Lipinski definition) is 18. The van der Waals surface area contributed by atoms with E-state index in [1.807, 2.05) is 48.5 Å². The summed E-state index contributed by atoms with van der Waals surface area (Å²) in [7, 11) is 10.2. The fourth-order valence-electron chi connectivity index (χ4n) is 6.40. The molecule has 6 aromatic carbocycles. The van der Waals surface area contributed by atoms with Crippen molar-refractivity contribution >= 4 is 138 Å². The van der Waals surface area contributed by atoms with E-state index in [9.17, 15) is 15.0 Å². The van der Waals surface area contributed by atoms with E-state index in [0.717, 1.165) is 78.3 Å². The van der Waals surface area contributed by atoms with Gasteiger partial charge < -0.3 is 79.9 Å². The molecule has 2 heterocycles. The molecule has 2 aliphatic rings. The summed E-state index contributed by atoms with van der Waals surface area (Å²) in [6.07, 6.45) is 0.611. The van der Waals surface area contributed by atoms with Crippen LogP contribution >= 0.6 is 132 Å². The van der Waals surface area contributed by atoms with Crippen LogP contribution < -0.4 is 20.5 Å². The van der Waals surface area contributed by atoms with Crippen LogP contribution in [-0.4, -0.2) is 122 Å². The van der Waals surface area contributed by atoms with Gasteiger partial charge in [-0.3, -0.25) is 18.8 Å². The Hall–Kier alpha value is -2.46. The van der Waals surface area contributed by atoms with Crippen molar-refractivity contribution in [1.82, 2.24) is 19.3 Å². The van der Waals surface area contributed by atoms with Crippen LogP contribution in [-0.2, 0) is 45.7 Å². The second-order valence-electron chi connectivity index (χ2n) is 15.9. The van der Waals surface area contributed by atoms with Crippen LogP contribution in [0.3, 0.4) is 0 Å². The number of benzene rings is 6. The molecule has 0 aliphatic carbocycles. The number of ether oxygens (including phenoxy) is 2. The number of phenols is 4. The van der Waals surface area contributed by atoms with Crippen LogP contribution in [0.5, 0.6) is 34.5 Å². The van der Waals surface area contributed by atoms with Crippen molar-refractivity contribution in [3.8, 4) is 40.6 Å². The number of nitriles is 1. The molecule has 6 unspecified atom stereocenters. The molecule has 0 saturated heterocycles. The van der Waals surface area contributed by atoms with Crippen molar-refractivity contribution in [3.05, 3.63) is 184 Å². The Balaban J connectivity index is 0. The summed E-state index contributed by atoms with van der Waals surface area (Å²) < 4.78 is 21.8. The molecule has 0 spiro atoms. The zero-order valence-electron chi connectivity index (χ0n) is 45.4. The number of nitrogens with zero attached hydrogens (tertiary/aromatic N) is 6. The Morgan fingerprint density at radius 1 is 0.643 bits per heavy atom. The first kappa shape index (κ1) is 83.6. The minimum absolute atomic E-state index is 0. The molecule has 6 aromatic rings. The van der Waals surface area contributed by atoms with Crippen LogP contribution in [0.4, 0.5) is 0 Å². The van der Waals surface area contributed by atoms with Crippen molar-refractivity contribution in [2.45, 2.75) is 26.2 Å². The number of aromatic hydroxyl groups is 4. The van der Waals surface area contributed by atoms with E-state index in [-0.39, 0.29) is 62.3 Å². The third-order valence-corrected chi connectivity index (χ3v) is 19.1. The van der Waals surface area contributed by atoms with Gasteiger partial charge in [-0.1, -0.05) is 93.5 Å². The number of para-hydroxylation sites is 6. The van der Waals surface area contributed by atoms with E-state index in [0.29, 0.717) is 87.0 Å². The predicted octanol–water partition coefficient (Wildman–Crippen LogP) is 12.0. The van der Waals surface area contributed by atoms with E-state index in [1.54, 1.807) is 54.6 Å². The van der Waals surface area contributed by atoms with Crippen LogP contribution in [0, 0.1) is 35.0 Å². The first-order valence-electron chi connectivity index (χ1n) is 24.2. The minimum Gasteiger partial charge on any atom is -0.512 e. The van der Waals surface area contributed by atoms with Gasteiger partial charge in [-0.05, 0) is 153 Å². The number of aldehydes is 1. The number of nitrogens with one attached hydrogen (secondary N) is 1. The standard InChI is InChI=1S/C10H12N2OP2.C9H14BrNO2P2.C9H12BrNO2.C9H12BrNOP2.C7H5BrO2.C6H5BrO.C2H7NO.2CN.Zn/c11-6-8-2-1-3-9-7-12(15-14)4-5-13-10(8)9;10-8-3-1-2-7(9(8)13)6-11(15-14)4-5-12;10-8-3-1-2-7(9(8)13)6-11-4-5-12;10-8-3-1-2-7-6-11(14-13)4-5-12-9(7)8;8-6-3-1-2-5(4-9)7(6)10;7-5-3-1-2-4-6(5)8;3-1-2-4;2*1-2;/h1-3,15H,4-5,7,14H2;1-3,12-13,15H,4-6,14H2;1-3,11-13H,4-6H2;1-3,14H,4-6,13H2;1-4,10H;1-4,8H;4H,1-3H2;;;/q;;;;;;;2*-1;+2. The van der Waals surface area contributed by atoms with Crippen LogP contribution in [0.1, 0.15) is 38.2 Å². The Kier molecular flexibility index (Phi) is 52.2. The summed E-state index contributed by atoms with van der Waals surface area (Å²) in [5, 5.41) is 86.9. The monoisotopic (exact) mass is 1630 g/mol. The molecule has 0 bridgehead atoms. The van der Waals surface area contributed by atoms with Gasteiger partial charge in [0.05, 0.1) is 53.3 Å². The summed E-state index contributed by atoms with van der Waals surface area (Å²) in [5.41, 5.74) is 9.79. The quantitative estimate of drug-likeness (QED) is 0.0171. The Labute approximate surface area is 559 Å². The summed E-state index contributed by atoms with van der Waals surface area (Å²) >= 11 is 16.2. The first-order valence-corrected chi connectivity index (χ1v) is 36.5. The van der Waals surface area contributed by atoms with Crippen molar-refractivity contribution in [2.75, 3.05) is 65.8 Å². The normalized spacial score (nSPS) is 12.0. The zero-order chi connectivity index (χ0) is 62.5. The Bertz CT molecular complexity index is 2850. The third-order valence-electron chi connectivity index (χ3n) is 10.4. The maximum atomic E-state index is 10.2. The summed E-state index contributed by atoms with van der Waals surface area (Å²) in [6, 6.07) is 37.1. The number of aliphatic hydroxyl groups is 3. The molecule has 2 aliphatic heterocycles. The largest absolute Gasteiger partial charge is 2.00 e. The van der Waals surface area contributed by atoms with Gasteiger partial charge in [-0.25, -0.2) is 0 Å². The minimum atomic E-state index is -0.00231. The van der Waals surface area contributed by atoms with E-state index in [4.69, 9.17) is 69.7 Å². The van der Waals surface area contributed by atoms with Gasteiger partial charge in [0.15, 0.2) is 6.29 Å². The molecule has 18 nitrogen and oxygen atoms in total. The van der Waals surface area contributed by atoms with Crippen molar-refractivity contribution in [1.29, 1.82) is 15.8 Å². The van der Waals surface area contributed by atoms with Crippen molar-refractivity contribution in [2.24, 2.45) is 5.73 Å². The molecule has 6 atom stereocenters. The van der Waals surface area contributed by atoms with Gasteiger partial charge in [0, 0.05) is 81.2 Å². The topological polar surface area (TPSA) is 296 Å². The number of halogens is 5. The first-order chi connectivity index (χ1) is 40.1. The van der Waals surface area contributed by atoms with Crippen LogP contribution in [0.15, 0.2) is 138 Å². The Morgan fingerprint density at radius 2 is 1.11 bits per heavy atom. The summed E-state index contributed by atoms with van der Waals surface area (Å²) in [4.78, 5) is 10.2. The van der Waals surface area contributed by atoms with E-state index in [2.05, 4.69) is 144 Å². The summed E-state index contributed by atoms with van der Waals surface area (Å²) in [5.74, 6) is 2.60. The molecule has 0 radical (unpaired) electrons.